The number of rotatable bonds is 13. The number of carbonyl (C=O) groups excluding carboxylic acids is 3. The number of hydrogen-bond donors (Lipinski definition) is 2. The van der Waals surface area contributed by atoms with Crippen LogP contribution in [0, 0.1) is 0 Å². The summed E-state index contributed by atoms with van der Waals surface area (Å²) in [5, 5.41) is 2.55. The number of nitrogens with zero attached hydrogens (tertiary/aromatic N) is 1. The largest absolute Gasteiger partial charge is 0.460 e. The summed E-state index contributed by atoms with van der Waals surface area (Å²) >= 11 is -2.35. The average Bonchev–Trinajstić information content (AvgIpc) is 2.71. The lowest BCUT2D eigenvalue weighted by Crippen LogP contribution is -2.48. The Morgan fingerprint density at radius 1 is 1.00 bits per heavy atom. The molecule has 2 N–H and O–H groups in total. The molecule has 0 aliphatic rings. The van der Waals surface area contributed by atoms with Gasteiger partial charge in [0.1, 0.15) is 17.2 Å². The Kier molecular flexibility index (Phi) is 12.6. The van der Waals surface area contributed by atoms with E-state index in [4.69, 9.17) is 9.47 Å². The second-order valence-electron chi connectivity index (χ2n) is 10.3. The Morgan fingerprint density at radius 3 is 2.14 bits per heavy atom. The van der Waals surface area contributed by atoms with Gasteiger partial charge in [-0.2, -0.15) is 4.31 Å². The van der Waals surface area contributed by atoms with Crippen LogP contribution >= 0.6 is 0 Å². The first-order valence-electron chi connectivity index (χ1n) is 11.8. The van der Waals surface area contributed by atoms with Gasteiger partial charge in [0.15, 0.2) is 0 Å². The van der Waals surface area contributed by atoms with Crippen molar-refractivity contribution >= 4 is 29.1 Å². The average molecular weight is 513 g/mol. The first-order valence-corrected chi connectivity index (χ1v) is 12.9. The van der Waals surface area contributed by atoms with Crippen LogP contribution in [0.25, 0.3) is 0 Å². The highest BCUT2D eigenvalue weighted by Gasteiger charge is 2.29. The van der Waals surface area contributed by atoms with Crippen LogP contribution in [-0.2, 0) is 41.5 Å². The normalized spacial score (nSPS) is 13.7. The van der Waals surface area contributed by atoms with Gasteiger partial charge in [0.2, 0.25) is 17.2 Å². The molecule has 0 aromatic heterocycles. The lowest BCUT2D eigenvalue weighted by Gasteiger charge is -2.26. The van der Waals surface area contributed by atoms with Gasteiger partial charge in [-0.05, 0) is 72.8 Å². The van der Waals surface area contributed by atoms with Crippen LogP contribution in [0.2, 0.25) is 0 Å². The Labute approximate surface area is 211 Å². The van der Waals surface area contributed by atoms with Crippen molar-refractivity contribution in [1.29, 1.82) is 0 Å². The lowest BCUT2D eigenvalue weighted by atomic mass is 10.1. The smallest absolute Gasteiger partial charge is 0.329 e. The number of ether oxygens (including phenoxy) is 2. The topological polar surface area (TPSA) is 122 Å². The van der Waals surface area contributed by atoms with Gasteiger partial charge in [0.25, 0.3) is 0 Å². The molecule has 1 aromatic carbocycles. The van der Waals surface area contributed by atoms with E-state index in [1.807, 2.05) is 30.3 Å². The molecule has 1 amide bonds. The van der Waals surface area contributed by atoms with Crippen molar-refractivity contribution in [2.45, 2.75) is 90.9 Å². The van der Waals surface area contributed by atoms with Crippen molar-refractivity contribution in [2.24, 2.45) is 0 Å². The van der Waals surface area contributed by atoms with E-state index >= 15 is 0 Å². The highest BCUT2D eigenvalue weighted by Crippen LogP contribution is 2.14. The Balaban J connectivity index is 2.69. The van der Waals surface area contributed by atoms with Gasteiger partial charge in [-0.1, -0.05) is 30.3 Å². The van der Waals surface area contributed by atoms with E-state index in [2.05, 4.69) is 5.32 Å². The Hall–Kier alpha value is -2.30. The van der Waals surface area contributed by atoms with Crippen LogP contribution in [0.15, 0.2) is 30.3 Å². The van der Waals surface area contributed by atoms with Crippen molar-refractivity contribution in [3.63, 3.8) is 0 Å². The highest BCUT2D eigenvalue weighted by molar-refractivity contribution is 7.76. The summed E-state index contributed by atoms with van der Waals surface area (Å²) in [5.74, 6) is -1.80. The lowest BCUT2D eigenvalue weighted by molar-refractivity contribution is -0.160. The number of aryl methyl sites for hydroxylation is 1. The van der Waals surface area contributed by atoms with Gasteiger partial charge in [0, 0.05) is 13.0 Å². The molecule has 10 heteroatoms. The van der Waals surface area contributed by atoms with Gasteiger partial charge in [-0.15, -0.1) is 0 Å². The monoisotopic (exact) mass is 512 g/mol. The minimum absolute atomic E-state index is 0.0190. The summed E-state index contributed by atoms with van der Waals surface area (Å²) in [6, 6.07) is 8.79. The fraction of sp³-hybridized carbons (Fsp3) is 0.640. The summed E-state index contributed by atoms with van der Waals surface area (Å²) in [7, 11) is 0. The third-order valence-electron chi connectivity index (χ3n) is 4.59. The molecule has 0 radical (unpaired) electrons. The van der Waals surface area contributed by atoms with E-state index in [1.165, 1.54) is 5.56 Å². The molecular formula is C25H40N2O7S. The number of unbranched alkanes of at least 4 members (excludes halogenated alkanes) is 1. The van der Waals surface area contributed by atoms with Crippen molar-refractivity contribution in [1.82, 2.24) is 9.62 Å². The zero-order chi connectivity index (χ0) is 26.6. The number of amides is 1. The predicted molar refractivity (Wildman–Crippen MR) is 135 cm³/mol. The SMILES string of the molecule is CC(C)(C)OC(=O)CCC(NC(=O)CN(CCCCc1ccccc1)S(=O)O)C(=O)OC(C)(C)C. The van der Waals surface area contributed by atoms with Crippen molar-refractivity contribution in [2.75, 3.05) is 13.1 Å². The maximum absolute atomic E-state index is 12.6. The molecule has 35 heavy (non-hydrogen) atoms. The van der Waals surface area contributed by atoms with E-state index in [-0.39, 0.29) is 25.9 Å². The molecule has 0 aliphatic carbocycles. The van der Waals surface area contributed by atoms with E-state index in [9.17, 15) is 23.1 Å². The molecule has 1 aromatic rings. The van der Waals surface area contributed by atoms with Gasteiger partial charge in [0.05, 0.1) is 6.54 Å². The summed E-state index contributed by atoms with van der Waals surface area (Å²) < 4.78 is 33.2. The molecule has 0 aliphatic heterocycles. The van der Waals surface area contributed by atoms with Crippen molar-refractivity contribution in [3.05, 3.63) is 35.9 Å². The summed E-state index contributed by atoms with van der Waals surface area (Å²) in [6.07, 6.45) is 2.11. The van der Waals surface area contributed by atoms with Crippen LogP contribution in [-0.4, -0.2) is 61.2 Å². The molecule has 1 rings (SSSR count). The van der Waals surface area contributed by atoms with E-state index in [0.717, 1.165) is 17.1 Å². The molecule has 0 saturated heterocycles. The summed E-state index contributed by atoms with van der Waals surface area (Å²) in [4.78, 5) is 37.4. The zero-order valence-electron chi connectivity index (χ0n) is 21.7. The number of hydrogen-bond acceptors (Lipinski definition) is 6. The molecule has 198 valence electrons. The third kappa shape index (κ3) is 14.6. The van der Waals surface area contributed by atoms with Crippen molar-refractivity contribution < 1.29 is 32.6 Å². The van der Waals surface area contributed by atoms with Crippen LogP contribution in [0.4, 0.5) is 0 Å². The van der Waals surface area contributed by atoms with Crippen molar-refractivity contribution in [3.8, 4) is 0 Å². The first kappa shape index (κ1) is 30.7. The van der Waals surface area contributed by atoms with Crippen LogP contribution < -0.4 is 5.32 Å². The summed E-state index contributed by atoms with van der Waals surface area (Å²) in [6.45, 7) is 10.2. The fourth-order valence-electron chi connectivity index (χ4n) is 3.15. The second kappa shape index (κ2) is 14.3. The number of benzene rings is 1. The molecule has 0 fully saturated rings. The molecule has 9 nitrogen and oxygen atoms in total. The van der Waals surface area contributed by atoms with Gasteiger partial charge in [-0.3, -0.25) is 14.1 Å². The van der Waals surface area contributed by atoms with Gasteiger partial charge in [-0.25, -0.2) is 9.00 Å². The second-order valence-corrected chi connectivity index (χ2v) is 11.3. The molecule has 2 atom stereocenters. The molecule has 0 heterocycles. The number of esters is 2. The van der Waals surface area contributed by atoms with E-state index in [0.29, 0.717) is 6.42 Å². The zero-order valence-corrected chi connectivity index (χ0v) is 22.5. The third-order valence-corrected chi connectivity index (χ3v) is 5.34. The Morgan fingerprint density at radius 2 is 1.60 bits per heavy atom. The first-order chi connectivity index (χ1) is 16.2. The number of carbonyl (C=O) groups is 3. The van der Waals surface area contributed by atoms with E-state index < -0.39 is 46.4 Å². The minimum Gasteiger partial charge on any atom is -0.460 e. The number of nitrogens with one attached hydrogen (secondary N) is 1. The van der Waals surface area contributed by atoms with E-state index in [1.54, 1.807) is 41.5 Å². The molecular weight excluding hydrogens is 472 g/mol. The highest BCUT2D eigenvalue weighted by atomic mass is 32.2. The maximum atomic E-state index is 12.6. The minimum atomic E-state index is -2.35. The standard InChI is InChI=1S/C25H40N2O7S/c1-24(2,3)33-22(29)16-15-20(23(30)34-25(4,5)6)26-21(28)18-27(35(31)32)17-11-10-14-19-12-8-7-9-13-19/h7-9,12-13,20H,10-11,14-18H2,1-6H3,(H,26,28)(H,31,32). The molecule has 0 bridgehead atoms. The van der Waals surface area contributed by atoms with Crippen LogP contribution in [0.1, 0.15) is 72.8 Å². The van der Waals surface area contributed by atoms with Crippen LogP contribution in [0.3, 0.4) is 0 Å². The van der Waals surface area contributed by atoms with Crippen LogP contribution in [0.5, 0.6) is 0 Å². The van der Waals surface area contributed by atoms with Gasteiger partial charge >= 0.3 is 11.9 Å². The molecule has 0 saturated carbocycles. The quantitative estimate of drug-likeness (QED) is 0.236. The summed E-state index contributed by atoms with van der Waals surface area (Å²) in [5.41, 5.74) is -0.288. The fourth-order valence-corrected chi connectivity index (χ4v) is 3.66. The van der Waals surface area contributed by atoms with Gasteiger partial charge < -0.3 is 14.8 Å². The maximum Gasteiger partial charge on any atom is 0.329 e. The molecule has 0 spiro atoms. The Bertz CT molecular complexity index is 848. The predicted octanol–water partition coefficient (Wildman–Crippen LogP) is 3.40. The molecule has 2 unspecified atom stereocenters.